The zero-order valence-corrected chi connectivity index (χ0v) is 7.62. The van der Waals surface area contributed by atoms with E-state index in [4.69, 9.17) is 0 Å². The van der Waals surface area contributed by atoms with Crippen LogP contribution < -0.4 is 0 Å². The average Bonchev–Trinajstić information content (AvgIpc) is 2.35. The molecule has 0 amide bonds. The van der Waals surface area contributed by atoms with Crippen molar-refractivity contribution >= 4 is 0 Å². The van der Waals surface area contributed by atoms with E-state index in [0.29, 0.717) is 6.42 Å². The number of hydrogen-bond donors (Lipinski definition) is 0. The first kappa shape index (κ1) is 11.1. The van der Waals surface area contributed by atoms with Gasteiger partial charge in [-0.25, -0.2) is 13.2 Å². The number of rotatable bonds is 4. The van der Waals surface area contributed by atoms with Crippen molar-refractivity contribution in [1.29, 1.82) is 0 Å². The van der Waals surface area contributed by atoms with Crippen molar-refractivity contribution in [3.63, 3.8) is 0 Å². The summed E-state index contributed by atoms with van der Waals surface area (Å²) in [5.41, 5.74) is 0. The van der Waals surface area contributed by atoms with Crippen LogP contribution in [0.5, 0.6) is 0 Å². The molecule has 0 radical (unpaired) electrons. The Labute approximate surface area is 79.0 Å². The maximum Gasteiger partial charge on any atom is 0.214 e. The van der Waals surface area contributed by atoms with Crippen molar-refractivity contribution in [1.82, 2.24) is 0 Å². The summed E-state index contributed by atoms with van der Waals surface area (Å²) in [7, 11) is 0. The third kappa shape index (κ3) is 1.91. The van der Waals surface area contributed by atoms with Crippen molar-refractivity contribution < 1.29 is 22.3 Å². The largest absolute Gasteiger partial charge is 0.491 e. The van der Waals surface area contributed by atoms with E-state index in [-0.39, 0.29) is 6.61 Å². The smallest absolute Gasteiger partial charge is 0.214 e. The molecule has 0 N–H and O–H groups in total. The van der Waals surface area contributed by atoms with E-state index in [2.05, 4.69) is 4.74 Å². The summed E-state index contributed by atoms with van der Waals surface area (Å²) in [5.74, 6) is -5.97. The van der Waals surface area contributed by atoms with Gasteiger partial charge in [-0.05, 0) is 6.42 Å². The summed E-state index contributed by atoms with van der Waals surface area (Å²) in [6.45, 7) is 1.91. The highest BCUT2D eigenvalue weighted by atomic mass is 19.2. The van der Waals surface area contributed by atoms with Crippen LogP contribution in [-0.2, 0) is 4.74 Å². The second-order valence-electron chi connectivity index (χ2n) is 2.90. The molecule has 14 heavy (non-hydrogen) atoms. The van der Waals surface area contributed by atoms with Crippen LogP contribution >= 0.6 is 0 Å². The monoisotopic (exact) mass is 210 g/mol. The molecule has 0 heterocycles. The second kappa shape index (κ2) is 4.48. The molecule has 0 fully saturated rings. The number of alkyl halides is 1. The SMILES string of the molecule is CCCCOC1=C(F)C(F)=C(F)C1F. The third-order valence-corrected chi connectivity index (χ3v) is 1.83. The molecule has 1 aliphatic carbocycles. The molecule has 1 aliphatic rings. The lowest BCUT2D eigenvalue weighted by atomic mass is 10.3. The summed E-state index contributed by atoms with van der Waals surface area (Å²) in [6.07, 6.45) is -1.08. The molecule has 5 heteroatoms. The Hall–Kier alpha value is -1.00. The molecule has 1 unspecified atom stereocenters. The van der Waals surface area contributed by atoms with Crippen molar-refractivity contribution in [3.8, 4) is 0 Å². The minimum atomic E-state index is -2.42. The number of halogens is 4. The van der Waals surface area contributed by atoms with Crippen LogP contribution in [0, 0.1) is 0 Å². The zero-order valence-electron chi connectivity index (χ0n) is 7.62. The molecular formula is C9H10F4O. The molecule has 0 aliphatic heterocycles. The van der Waals surface area contributed by atoms with E-state index in [9.17, 15) is 17.6 Å². The van der Waals surface area contributed by atoms with Gasteiger partial charge < -0.3 is 4.74 Å². The number of allylic oxidation sites excluding steroid dienone is 3. The molecule has 1 atom stereocenters. The van der Waals surface area contributed by atoms with E-state index >= 15 is 0 Å². The van der Waals surface area contributed by atoms with Gasteiger partial charge in [0.1, 0.15) is 0 Å². The van der Waals surface area contributed by atoms with Crippen molar-refractivity contribution in [3.05, 3.63) is 23.2 Å². The van der Waals surface area contributed by atoms with Crippen LogP contribution in [0.4, 0.5) is 17.6 Å². The summed E-state index contributed by atoms with van der Waals surface area (Å²) < 4.78 is 55.1. The predicted octanol–water partition coefficient (Wildman–Crippen LogP) is 3.49. The van der Waals surface area contributed by atoms with E-state index in [0.717, 1.165) is 6.42 Å². The normalized spacial score (nSPS) is 22.2. The Morgan fingerprint density at radius 3 is 2.29 bits per heavy atom. The third-order valence-electron chi connectivity index (χ3n) is 1.83. The zero-order chi connectivity index (χ0) is 10.7. The highest BCUT2D eigenvalue weighted by Crippen LogP contribution is 2.37. The van der Waals surface area contributed by atoms with E-state index in [1.807, 2.05) is 6.92 Å². The van der Waals surface area contributed by atoms with Gasteiger partial charge in [0, 0.05) is 0 Å². The van der Waals surface area contributed by atoms with Crippen molar-refractivity contribution in [2.24, 2.45) is 0 Å². The summed E-state index contributed by atoms with van der Waals surface area (Å²) in [6, 6.07) is 0. The van der Waals surface area contributed by atoms with Crippen molar-refractivity contribution in [2.45, 2.75) is 25.9 Å². The maximum absolute atomic E-state index is 12.8. The lowest BCUT2D eigenvalue weighted by molar-refractivity contribution is 0.152. The Kier molecular flexibility index (Phi) is 3.55. The molecule has 0 spiro atoms. The predicted molar refractivity (Wildman–Crippen MR) is 43.1 cm³/mol. The minimum Gasteiger partial charge on any atom is -0.491 e. The van der Waals surface area contributed by atoms with Crippen LogP contribution in [-0.4, -0.2) is 12.8 Å². The quantitative estimate of drug-likeness (QED) is 0.509. The van der Waals surface area contributed by atoms with Crippen LogP contribution in [0.1, 0.15) is 19.8 Å². The fourth-order valence-electron chi connectivity index (χ4n) is 1.01. The molecular weight excluding hydrogens is 200 g/mol. The van der Waals surface area contributed by atoms with Gasteiger partial charge in [-0.3, -0.25) is 0 Å². The number of ether oxygens (including phenoxy) is 1. The summed E-state index contributed by atoms with van der Waals surface area (Å²) in [4.78, 5) is 0. The van der Waals surface area contributed by atoms with Crippen LogP contribution in [0.3, 0.4) is 0 Å². The van der Waals surface area contributed by atoms with Gasteiger partial charge in [0.15, 0.2) is 17.4 Å². The number of unbranched alkanes of at least 4 members (excludes halogenated alkanes) is 1. The second-order valence-corrected chi connectivity index (χ2v) is 2.90. The highest BCUT2D eigenvalue weighted by molar-refractivity contribution is 5.38. The number of hydrogen-bond acceptors (Lipinski definition) is 1. The van der Waals surface area contributed by atoms with Crippen molar-refractivity contribution in [2.75, 3.05) is 6.61 Å². The van der Waals surface area contributed by atoms with Gasteiger partial charge in [-0.15, -0.1) is 0 Å². The van der Waals surface area contributed by atoms with Gasteiger partial charge >= 0.3 is 0 Å². The van der Waals surface area contributed by atoms with Gasteiger partial charge in [0.05, 0.1) is 6.61 Å². The summed E-state index contributed by atoms with van der Waals surface area (Å²) >= 11 is 0. The van der Waals surface area contributed by atoms with Crippen LogP contribution in [0.25, 0.3) is 0 Å². The lowest BCUT2D eigenvalue weighted by Gasteiger charge is -2.08. The first-order valence-electron chi connectivity index (χ1n) is 4.31. The van der Waals surface area contributed by atoms with E-state index in [1.165, 1.54) is 0 Å². The maximum atomic E-state index is 12.8. The van der Waals surface area contributed by atoms with Gasteiger partial charge in [0.25, 0.3) is 0 Å². The minimum absolute atomic E-state index is 0.0558. The molecule has 80 valence electrons. The summed E-state index contributed by atoms with van der Waals surface area (Å²) in [5, 5.41) is 0. The van der Waals surface area contributed by atoms with Crippen LogP contribution in [0.15, 0.2) is 23.2 Å². The molecule has 0 aromatic rings. The Bertz CT molecular complexity index is 283. The molecule has 0 aromatic carbocycles. The van der Waals surface area contributed by atoms with Crippen LogP contribution in [0.2, 0.25) is 0 Å². The fourth-order valence-corrected chi connectivity index (χ4v) is 1.01. The Morgan fingerprint density at radius 1 is 1.21 bits per heavy atom. The Balaban J connectivity index is 2.63. The van der Waals surface area contributed by atoms with E-state index < -0.39 is 29.4 Å². The van der Waals surface area contributed by atoms with Gasteiger partial charge in [0.2, 0.25) is 12.0 Å². The average molecular weight is 210 g/mol. The first-order valence-corrected chi connectivity index (χ1v) is 4.31. The molecule has 0 saturated carbocycles. The first-order chi connectivity index (χ1) is 6.59. The molecule has 0 bridgehead atoms. The highest BCUT2D eigenvalue weighted by Gasteiger charge is 2.37. The standard InChI is InChI=1S/C9H10F4O/c1-2-3-4-14-9-7(12)5(10)6(11)8(9)13/h7H,2-4H2,1H3. The van der Waals surface area contributed by atoms with Gasteiger partial charge in [-0.2, -0.15) is 4.39 Å². The Morgan fingerprint density at radius 2 is 1.86 bits per heavy atom. The molecule has 1 nitrogen and oxygen atoms in total. The van der Waals surface area contributed by atoms with Gasteiger partial charge in [-0.1, -0.05) is 13.3 Å². The molecule has 0 saturated heterocycles. The topological polar surface area (TPSA) is 9.23 Å². The van der Waals surface area contributed by atoms with E-state index in [1.54, 1.807) is 0 Å². The fraction of sp³-hybridized carbons (Fsp3) is 0.556. The molecule has 1 rings (SSSR count). The molecule has 0 aromatic heterocycles. The lowest BCUT2D eigenvalue weighted by Crippen LogP contribution is -2.06.